The van der Waals surface area contributed by atoms with E-state index in [-0.39, 0.29) is 24.4 Å². The first-order valence-corrected chi connectivity index (χ1v) is 9.89. The normalized spacial score (nSPS) is 10.8. The molecule has 1 amide bonds. The number of rotatable bonds is 6. The fourth-order valence-corrected chi connectivity index (χ4v) is 3.71. The van der Waals surface area contributed by atoms with E-state index < -0.39 is 0 Å². The van der Waals surface area contributed by atoms with Gasteiger partial charge in [-0.2, -0.15) is 0 Å². The van der Waals surface area contributed by atoms with Crippen molar-refractivity contribution in [1.82, 2.24) is 14.5 Å². The molecule has 6 nitrogen and oxygen atoms in total. The molecule has 0 fully saturated rings. The molecule has 0 bridgehead atoms. The first kappa shape index (κ1) is 20.3. The first-order valence-electron chi connectivity index (χ1n) is 8.69. The molecule has 3 rings (SSSR count). The van der Waals surface area contributed by atoms with Crippen molar-refractivity contribution >= 4 is 45.0 Å². The number of para-hydroxylation sites is 1. The molecule has 1 heterocycles. The fourth-order valence-electron chi connectivity index (χ4n) is 3.01. The molecule has 146 valence electrons. The Morgan fingerprint density at radius 2 is 2.04 bits per heavy atom. The van der Waals surface area contributed by atoms with Gasteiger partial charge < -0.3 is 14.6 Å². The quantitative estimate of drug-likeness (QED) is 0.565. The number of carbonyl (C=O) groups excluding carboxylic acids is 1. The van der Waals surface area contributed by atoms with Crippen molar-refractivity contribution in [2.45, 2.75) is 19.5 Å². The van der Waals surface area contributed by atoms with Crippen molar-refractivity contribution in [2.75, 3.05) is 14.2 Å². The summed E-state index contributed by atoms with van der Waals surface area (Å²) in [7, 11) is 3.33. The van der Waals surface area contributed by atoms with Gasteiger partial charge in [-0.1, -0.05) is 28.1 Å². The van der Waals surface area contributed by atoms with E-state index in [4.69, 9.17) is 17.0 Å². The number of amides is 1. The maximum absolute atomic E-state index is 12.7. The van der Waals surface area contributed by atoms with Crippen molar-refractivity contribution in [2.24, 2.45) is 0 Å². The van der Waals surface area contributed by atoms with Crippen molar-refractivity contribution in [1.29, 1.82) is 0 Å². The lowest BCUT2D eigenvalue weighted by Gasteiger charge is -2.19. The molecule has 28 heavy (non-hydrogen) atoms. The zero-order chi connectivity index (χ0) is 20.3. The molecule has 0 aliphatic rings. The third-order valence-corrected chi connectivity index (χ3v) is 5.33. The number of carbonyl (C=O) groups is 1. The van der Waals surface area contributed by atoms with Gasteiger partial charge in [0.05, 0.1) is 18.0 Å². The lowest BCUT2D eigenvalue weighted by atomic mass is 10.2. The Hall–Kier alpha value is -2.45. The van der Waals surface area contributed by atoms with E-state index in [1.165, 1.54) is 4.57 Å². The monoisotopic (exact) mass is 461 g/mol. The van der Waals surface area contributed by atoms with E-state index in [0.717, 1.165) is 15.8 Å². The van der Waals surface area contributed by atoms with Crippen molar-refractivity contribution in [3.05, 3.63) is 67.6 Å². The number of fused-ring (bicyclic) bond motifs is 1. The Morgan fingerprint density at radius 3 is 2.79 bits per heavy atom. The average Bonchev–Trinajstić information content (AvgIpc) is 2.67. The van der Waals surface area contributed by atoms with Gasteiger partial charge in [-0.05, 0) is 42.5 Å². The summed E-state index contributed by atoms with van der Waals surface area (Å²) in [6, 6.07) is 12.9. The molecule has 0 aliphatic heterocycles. The van der Waals surface area contributed by atoms with Crippen LogP contribution in [0.15, 0.2) is 51.7 Å². The Morgan fingerprint density at radius 1 is 1.29 bits per heavy atom. The van der Waals surface area contributed by atoms with E-state index in [1.54, 1.807) is 37.3 Å². The number of aromatic amines is 1. The van der Waals surface area contributed by atoms with Crippen molar-refractivity contribution < 1.29 is 9.53 Å². The van der Waals surface area contributed by atoms with E-state index in [0.29, 0.717) is 22.2 Å². The van der Waals surface area contributed by atoms with Crippen LogP contribution in [0.3, 0.4) is 0 Å². The minimum atomic E-state index is -0.191. The molecule has 0 saturated carbocycles. The molecule has 0 unspecified atom stereocenters. The van der Waals surface area contributed by atoms with Gasteiger partial charge >= 0.3 is 0 Å². The molecule has 0 radical (unpaired) electrons. The highest BCUT2D eigenvalue weighted by Crippen LogP contribution is 2.24. The smallest absolute Gasteiger partial charge is 0.262 e. The van der Waals surface area contributed by atoms with Crippen LogP contribution >= 0.6 is 28.1 Å². The van der Waals surface area contributed by atoms with Gasteiger partial charge in [-0.25, -0.2) is 0 Å². The maximum Gasteiger partial charge on any atom is 0.262 e. The van der Waals surface area contributed by atoms with E-state index >= 15 is 0 Å². The van der Waals surface area contributed by atoms with E-state index in [1.807, 2.05) is 24.3 Å². The van der Waals surface area contributed by atoms with Crippen LogP contribution in [-0.2, 0) is 17.9 Å². The second kappa shape index (κ2) is 8.70. The van der Waals surface area contributed by atoms with E-state index in [9.17, 15) is 9.59 Å². The highest BCUT2D eigenvalue weighted by atomic mass is 79.9. The first-order chi connectivity index (χ1) is 13.4. The highest BCUT2D eigenvalue weighted by Gasteiger charge is 2.14. The van der Waals surface area contributed by atoms with Crippen LogP contribution in [0.1, 0.15) is 12.0 Å². The number of hydrogen-bond acceptors (Lipinski definition) is 4. The van der Waals surface area contributed by atoms with Crippen LogP contribution in [0.25, 0.3) is 10.9 Å². The Labute approximate surface area is 175 Å². The minimum Gasteiger partial charge on any atom is -0.496 e. The number of aromatic nitrogens is 2. The number of halogens is 1. The summed E-state index contributed by atoms with van der Waals surface area (Å²) in [6.45, 7) is 0.624. The largest absolute Gasteiger partial charge is 0.496 e. The van der Waals surface area contributed by atoms with Crippen LogP contribution in [0.5, 0.6) is 5.75 Å². The van der Waals surface area contributed by atoms with Gasteiger partial charge in [-0.3, -0.25) is 14.2 Å². The van der Waals surface area contributed by atoms with Gasteiger partial charge in [0.15, 0.2) is 4.77 Å². The molecular formula is C20H20BrN3O3S. The highest BCUT2D eigenvalue weighted by molar-refractivity contribution is 9.10. The van der Waals surface area contributed by atoms with Gasteiger partial charge in [0.25, 0.3) is 5.56 Å². The van der Waals surface area contributed by atoms with E-state index in [2.05, 4.69) is 20.9 Å². The predicted octanol–water partition coefficient (Wildman–Crippen LogP) is 3.88. The van der Waals surface area contributed by atoms with Gasteiger partial charge in [0.2, 0.25) is 5.91 Å². The molecule has 8 heteroatoms. The third-order valence-electron chi connectivity index (χ3n) is 4.51. The van der Waals surface area contributed by atoms with Crippen LogP contribution in [0, 0.1) is 4.77 Å². The average molecular weight is 462 g/mol. The third kappa shape index (κ3) is 4.34. The van der Waals surface area contributed by atoms with Crippen LogP contribution in [0.2, 0.25) is 0 Å². The summed E-state index contributed by atoms with van der Waals surface area (Å²) in [5.74, 6) is 0.632. The Balaban J connectivity index is 1.74. The number of methoxy groups -OCH3 is 1. The zero-order valence-electron chi connectivity index (χ0n) is 15.6. The molecule has 0 aliphatic carbocycles. The Kier molecular flexibility index (Phi) is 6.31. The Bertz CT molecular complexity index is 1140. The number of H-pyrrole nitrogens is 1. The fraction of sp³-hybridized carbons (Fsp3) is 0.250. The predicted molar refractivity (Wildman–Crippen MR) is 115 cm³/mol. The molecule has 2 aromatic carbocycles. The lowest BCUT2D eigenvalue weighted by molar-refractivity contribution is -0.130. The molecule has 0 spiro atoms. The molecular weight excluding hydrogens is 442 g/mol. The molecule has 1 aromatic heterocycles. The summed E-state index contributed by atoms with van der Waals surface area (Å²) in [5.41, 5.74) is 1.40. The number of nitrogens with one attached hydrogen (secondary N) is 1. The second-order valence-electron chi connectivity index (χ2n) is 6.39. The number of hydrogen-bond donors (Lipinski definition) is 1. The number of ether oxygens (including phenoxy) is 1. The SMILES string of the molecule is COc1ccc(Br)cc1CN(C)C(=O)CCn1c(=S)[nH]c2ccccc2c1=O. The molecule has 0 saturated heterocycles. The maximum atomic E-state index is 12.7. The van der Waals surface area contributed by atoms with Crippen LogP contribution in [-0.4, -0.2) is 34.5 Å². The standard InChI is InChI=1S/C20H20BrN3O3S/c1-23(12-13-11-14(21)7-8-17(13)27-2)18(25)9-10-24-19(26)15-5-3-4-6-16(15)22-20(24)28/h3-8,11H,9-10,12H2,1-2H3,(H,22,28). The minimum absolute atomic E-state index is 0.0866. The van der Waals surface area contributed by atoms with Crippen LogP contribution < -0.4 is 10.3 Å². The summed E-state index contributed by atoms with van der Waals surface area (Å²) < 4.78 is 8.02. The summed E-state index contributed by atoms with van der Waals surface area (Å²) in [4.78, 5) is 29.9. The number of nitrogens with zero attached hydrogens (tertiary/aromatic N) is 2. The summed E-state index contributed by atoms with van der Waals surface area (Å²) in [6.07, 6.45) is 0.169. The van der Waals surface area contributed by atoms with Crippen LogP contribution in [0.4, 0.5) is 0 Å². The molecule has 1 N–H and O–H groups in total. The summed E-state index contributed by atoms with van der Waals surface area (Å²) in [5, 5.41) is 0.552. The molecule has 0 atom stereocenters. The van der Waals surface area contributed by atoms with Crippen molar-refractivity contribution in [3.63, 3.8) is 0 Å². The zero-order valence-corrected chi connectivity index (χ0v) is 18.0. The van der Waals surface area contributed by atoms with Crippen molar-refractivity contribution in [3.8, 4) is 5.75 Å². The number of benzene rings is 2. The van der Waals surface area contributed by atoms with Gasteiger partial charge in [-0.15, -0.1) is 0 Å². The van der Waals surface area contributed by atoms with Gasteiger partial charge in [0, 0.05) is 36.6 Å². The topological polar surface area (TPSA) is 67.3 Å². The summed E-state index contributed by atoms with van der Waals surface area (Å²) >= 11 is 8.73. The molecule has 3 aromatic rings. The lowest BCUT2D eigenvalue weighted by Crippen LogP contribution is -2.30. The van der Waals surface area contributed by atoms with Gasteiger partial charge in [0.1, 0.15) is 5.75 Å². The second-order valence-corrected chi connectivity index (χ2v) is 7.69.